The van der Waals surface area contributed by atoms with Crippen LogP contribution in [-0.4, -0.2) is 9.97 Å². The fraction of sp³-hybridized carbons (Fsp3) is 0.0492. The Morgan fingerprint density at radius 1 is 0.312 bits per heavy atom. The molecule has 2 aromatic heterocycles. The summed E-state index contributed by atoms with van der Waals surface area (Å²) in [4.78, 5) is 10.6. The quantitative estimate of drug-likeness (QED) is 0.160. The van der Waals surface area contributed by atoms with E-state index < -0.39 is 0 Å². The van der Waals surface area contributed by atoms with Crippen LogP contribution in [0, 0.1) is 0 Å². The molecule has 0 atom stereocenters. The predicted molar refractivity (Wildman–Crippen MR) is 271 cm³/mol. The summed E-state index contributed by atoms with van der Waals surface area (Å²) in [5.41, 5.74) is 19.5. The van der Waals surface area contributed by atoms with E-state index in [-0.39, 0.29) is 5.41 Å². The molecule has 1 aliphatic carbocycles. The highest BCUT2D eigenvalue weighted by Crippen LogP contribution is 2.50. The molecule has 0 saturated carbocycles. The maximum atomic E-state index is 5.35. The van der Waals surface area contributed by atoms with E-state index in [0.29, 0.717) is 5.82 Å². The predicted octanol–water partition coefficient (Wildman–Crippen LogP) is 16.8. The van der Waals surface area contributed by atoms with E-state index in [1.165, 1.54) is 64.7 Å². The molecule has 64 heavy (non-hydrogen) atoms. The van der Waals surface area contributed by atoms with E-state index in [2.05, 4.69) is 226 Å². The first kappa shape index (κ1) is 38.0. The minimum atomic E-state index is -0.0771. The fourth-order valence-corrected chi connectivity index (χ4v) is 10.8. The summed E-state index contributed by atoms with van der Waals surface area (Å²) in [5, 5.41) is 2.57. The van der Waals surface area contributed by atoms with Crippen LogP contribution in [0.15, 0.2) is 218 Å². The molecule has 0 bridgehead atoms. The summed E-state index contributed by atoms with van der Waals surface area (Å²) in [5.74, 6) is 0.695. The van der Waals surface area contributed by atoms with Crippen molar-refractivity contribution in [1.29, 1.82) is 0 Å². The first-order valence-electron chi connectivity index (χ1n) is 22.0. The average molecular weight is 835 g/mol. The average Bonchev–Trinajstić information content (AvgIpc) is 3.85. The fourth-order valence-electron chi connectivity index (χ4n) is 9.70. The Morgan fingerprint density at radius 3 is 1.61 bits per heavy atom. The van der Waals surface area contributed by atoms with Gasteiger partial charge in [-0.05, 0) is 121 Å². The third-order valence-electron chi connectivity index (χ3n) is 13.1. The Balaban J connectivity index is 1.01. The SMILES string of the molecule is CC1(C)c2ccccc2-c2ccc(-c3cccc(-c4cc(-c5cc(-c6ccc(-c7ccccc7)cc6)cc(-c6ccc7sc8ccccc8c7c6)c5)nc(-c5ccccc5)n4)c3)cc21. The minimum Gasteiger partial charge on any atom is -0.228 e. The molecule has 3 heteroatoms. The molecule has 0 unspecified atom stereocenters. The highest BCUT2D eigenvalue weighted by Gasteiger charge is 2.35. The van der Waals surface area contributed by atoms with Crippen LogP contribution in [0.2, 0.25) is 0 Å². The highest BCUT2D eigenvalue weighted by molar-refractivity contribution is 7.25. The first-order valence-corrected chi connectivity index (χ1v) is 22.8. The van der Waals surface area contributed by atoms with Crippen molar-refractivity contribution in [2.24, 2.45) is 0 Å². The Morgan fingerprint density at radius 2 is 0.812 bits per heavy atom. The maximum absolute atomic E-state index is 5.35. The van der Waals surface area contributed by atoms with Gasteiger partial charge in [0.05, 0.1) is 11.4 Å². The minimum absolute atomic E-state index is 0.0771. The van der Waals surface area contributed by atoms with Crippen LogP contribution in [0.5, 0.6) is 0 Å². The van der Waals surface area contributed by atoms with Crippen LogP contribution in [0.25, 0.3) is 110 Å². The van der Waals surface area contributed by atoms with Gasteiger partial charge in [-0.1, -0.05) is 178 Å². The molecule has 0 amide bonds. The van der Waals surface area contributed by atoms with Crippen molar-refractivity contribution in [2.75, 3.05) is 0 Å². The zero-order valence-corrected chi connectivity index (χ0v) is 36.4. The van der Waals surface area contributed by atoms with Crippen LogP contribution >= 0.6 is 11.3 Å². The second kappa shape index (κ2) is 15.3. The molecule has 0 spiro atoms. The number of aromatic nitrogens is 2. The largest absolute Gasteiger partial charge is 0.228 e. The summed E-state index contributed by atoms with van der Waals surface area (Å²) in [6.07, 6.45) is 0. The van der Waals surface area contributed by atoms with Crippen LogP contribution in [0.3, 0.4) is 0 Å². The van der Waals surface area contributed by atoms with Crippen molar-refractivity contribution in [2.45, 2.75) is 19.3 Å². The van der Waals surface area contributed by atoms with Crippen molar-refractivity contribution in [3.05, 3.63) is 230 Å². The third kappa shape index (κ3) is 6.64. The van der Waals surface area contributed by atoms with Crippen molar-refractivity contribution in [3.63, 3.8) is 0 Å². The Bertz CT molecular complexity index is 3560. The van der Waals surface area contributed by atoms with Gasteiger partial charge in [-0.15, -0.1) is 11.3 Å². The number of hydrogen-bond acceptors (Lipinski definition) is 3. The lowest BCUT2D eigenvalue weighted by atomic mass is 9.81. The summed E-state index contributed by atoms with van der Waals surface area (Å²) < 4.78 is 2.60. The van der Waals surface area contributed by atoms with Gasteiger partial charge in [-0.3, -0.25) is 0 Å². The Labute approximate surface area is 377 Å². The summed E-state index contributed by atoms with van der Waals surface area (Å²) in [7, 11) is 0. The van der Waals surface area contributed by atoms with Crippen LogP contribution in [-0.2, 0) is 5.41 Å². The molecule has 11 aromatic rings. The van der Waals surface area contributed by atoms with Crippen molar-refractivity contribution in [1.82, 2.24) is 9.97 Å². The van der Waals surface area contributed by atoms with Gasteiger partial charge < -0.3 is 0 Å². The molecule has 9 aromatic carbocycles. The molecule has 12 rings (SSSR count). The summed E-state index contributed by atoms with van der Waals surface area (Å²) >= 11 is 1.85. The molecule has 0 fully saturated rings. The summed E-state index contributed by atoms with van der Waals surface area (Å²) in [6, 6.07) is 79.2. The molecule has 302 valence electrons. The standard InChI is InChI=1S/C61H42N2S/c1-61(2)54-22-11-9-20-50(54)51-30-28-45(37-55(51)61)43-18-13-19-46(32-43)56-38-57(63-60(62-56)42-16-7-4-8-17-42)49-34-47(41-26-24-40(25-27-41)39-14-5-3-6-15-39)33-48(35-49)44-29-31-59-53(36-44)52-21-10-12-23-58(52)64-59/h3-38H,1-2H3. The Kier molecular flexibility index (Phi) is 9.06. The lowest BCUT2D eigenvalue weighted by molar-refractivity contribution is 0.660. The van der Waals surface area contributed by atoms with E-state index in [0.717, 1.165) is 50.3 Å². The van der Waals surface area contributed by atoms with Gasteiger partial charge in [0.1, 0.15) is 0 Å². The first-order chi connectivity index (χ1) is 31.4. The number of rotatable bonds is 7. The molecule has 0 radical (unpaired) electrons. The number of fused-ring (bicyclic) bond motifs is 6. The lowest BCUT2D eigenvalue weighted by Crippen LogP contribution is -2.14. The zero-order valence-electron chi connectivity index (χ0n) is 35.6. The van der Waals surface area contributed by atoms with Crippen LogP contribution in [0.4, 0.5) is 0 Å². The monoisotopic (exact) mass is 834 g/mol. The molecule has 0 saturated heterocycles. The van der Waals surface area contributed by atoms with E-state index in [1.54, 1.807) is 0 Å². The topological polar surface area (TPSA) is 25.8 Å². The van der Waals surface area contributed by atoms with E-state index in [9.17, 15) is 0 Å². The van der Waals surface area contributed by atoms with Crippen LogP contribution in [0.1, 0.15) is 25.0 Å². The van der Waals surface area contributed by atoms with E-state index >= 15 is 0 Å². The molecule has 1 aliphatic rings. The molecule has 2 heterocycles. The molecular formula is C61H42N2S. The Hall–Kier alpha value is -7.72. The molecule has 0 aliphatic heterocycles. The third-order valence-corrected chi connectivity index (χ3v) is 14.2. The normalized spacial score (nSPS) is 12.7. The summed E-state index contributed by atoms with van der Waals surface area (Å²) in [6.45, 7) is 4.68. The van der Waals surface area contributed by atoms with Crippen molar-refractivity contribution >= 4 is 31.5 Å². The van der Waals surface area contributed by atoms with E-state index in [1.807, 2.05) is 17.4 Å². The van der Waals surface area contributed by atoms with Gasteiger partial charge in [0.2, 0.25) is 0 Å². The lowest BCUT2D eigenvalue weighted by Gasteiger charge is -2.22. The molecular weight excluding hydrogens is 793 g/mol. The smallest absolute Gasteiger partial charge is 0.160 e. The van der Waals surface area contributed by atoms with Crippen LogP contribution < -0.4 is 0 Å². The molecule has 2 nitrogen and oxygen atoms in total. The number of nitrogens with zero attached hydrogens (tertiary/aromatic N) is 2. The molecule has 0 N–H and O–H groups in total. The van der Waals surface area contributed by atoms with Gasteiger partial charge in [-0.25, -0.2) is 9.97 Å². The highest BCUT2D eigenvalue weighted by atomic mass is 32.1. The number of hydrogen-bond donors (Lipinski definition) is 0. The van der Waals surface area contributed by atoms with Gasteiger partial charge in [-0.2, -0.15) is 0 Å². The van der Waals surface area contributed by atoms with Gasteiger partial charge in [0.25, 0.3) is 0 Å². The second-order valence-electron chi connectivity index (χ2n) is 17.4. The zero-order chi connectivity index (χ0) is 42.8. The van der Waals surface area contributed by atoms with Gasteiger partial charge in [0, 0.05) is 42.3 Å². The van der Waals surface area contributed by atoms with E-state index in [4.69, 9.17) is 9.97 Å². The number of thiophene rings is 1. The second-order valence-corrected chi connectivity index (χ2v) is 18.5. The van der Waals surface area contributed by atoms with Gasteiger partial charge in [0.15, 0.2) is 5.82 Å². The number of benzene rings is 9. The van der Waals surface area contributed by atoms with Gasteiger partial charge >= 0.3 is 0 Å². The maximum Gasteiger partial charge on any atom is 0.160 e. The van der Waals surface area contributed by atoms with Crippen molar-refractivity contribution < 1.29 is 0 Å². The van der Waals surface area contributed by atoms with Crippen molar-refractivity contribution in [3.8, 4) is 89.5 Å².